The second-order valence-corrected chi connectivity index (χ2v) is 5.12. The van der Waals surface area contributed by atoms with Crippen molar-refractivity contribution in [3.8, 4) is 0 Å². The fourth-order valence-corrected chi connectivity index (χ4v) is 3.30. The number of fused-ring (bicyclic) bond motifs is 2. The zero-order valence-electron chi connectivity index (χ0n) is 8.31. The number of ketones is 1. The highest BCUT2D eigenvalue weighted by Crippen LogP contribution is 2.61. The zero-order valence-corrected chi connectivity index (χ0v) is 8.31. The van der Waals surface area contributed by atoms with Gasteiger partial charge in [-0.15, -0.1) is 0 Å². The van der Waals surface area contributed by atoms with E-state index in [9.17, 15) is 4.79 Å². The summed E-state index contributed by atoms with van der Waals surface area (Å²) in [4.78, 5) is 12.0. The maximum absolute atomic E-state index is 12.0. The molecule has 0 radical (unpaired) electrons. The minimum atomic E-state index is -0.00569. The van der Waals surface area contributed by atoms with Gasteiger partial charge in [0.05, 0.1) is 0 Å². The molecule has 2 fully saturated rings. The van der Waals surface area contributed by atoms with Gasteiger partial charge in [-0.2, -0.15) is 0 Å². The van der Waals surface area contributed by atoms with Crippen molar-refractivity contribution in [2.75, 3.05) is 0 Å². The van der Waals surface area contributed by atoms with E-state index >= 15 is 0 Å². The molecule has 1 heteroatoms. The highest BCUT2D eigenvalue weighted by atomic mass is 16.1. The molecule has 0 spiro atoms. The van der Waals surface area contributed by atoms with Crippen molar-refractivity contribution in [1.82, 2.24) is 0 Å². The predicted octanol–water partition coefficient (Wildman–Crippen LogP) is 2.79. The van der Waals surface area contributed by atoms with Gasteiger partial charge in [-0.25, -0.2) is 0 Å². The Balaban J connectivity index is 2.38. The first-order valence-electron chi connectivity index (χ1n) is 5.08. The van der Waals surface area contributed by atoms with Crippen molar-refractivity contribution in [2.45, 2.75) is 46.5 Å². The van der Waals surface area contributed by atoms with Crippen LogP contribution in [0, 0.1) is 16.7 Å². The Morgan fingerprint density at radius 3 is 2.50 bits per heavy atom. The fourth-order valence-electron chi connectivity index (χ4n) is 3.30. The van der Waals surface area contributed by atoms with Gasteiger partial charge < -0.3 is 0 Å². The van der Waals surface area contributed by atoms with Gasteiger partial charge in [0.2, 0.25) is 0 Å². The van der Waals surface area contributed by atoms with Crippen LogP contribution in [0.1, 0.15) is 46.5 Å². The quantitative estimate of drug-likeness (QED) is 0.585. The van der Waals surface area contributed by atoms with E-state index in [0.717, 1.165) is 12.8 Å². The van der Waals surface area contributed by atoms with Gasteiger partial charge in [0.25, 0.3) is 0 Å². The molecule has 1 nitrogen and oxygen atoms in total. The molecule has 0 aromatic heterocycles. The van der Waals surface area contributed by atoms with Crippen LogP contribution < -0.4 is 0 Å². The molecule has 2 saturated carbocycles. The summed E-state index contributed by atoms with van der Waals surface area (Å²) >= 11 is 0. The van der Waals surface area contributed by atoms with Gasteiger partial charge in [0, 0.05) is 10.8 Å². The van der Waals surface area contributed by atoms with E-state index in [0.29, 0.717) is 11.7 Å². The first kappa shape index (κ1) is 8.28. The summed E-state index contributed by atoms with van der Waals surface area (Å²) in [5, 5.41) is 0. The van der Waals surface area contributed by atoms with E-state index in [1.54, 1.807) is 0 Å². The second-order valence-electron chi connectivity index (χ2n) is 5.12. The number of rotatable bonds is 1. The lowest BCUT2D eigenvalue weighted by atomic mass is 9.70. The molecule has 2 bridgehead atoms. The second kappa shape index (κ2) is 2.12. The highest BCUT2D eigenvalue weighted by molar-refractivity contribution is 5.93. The first-order valence-corrected chi connectivity index (χ1v) is 5.08. The molecule has 0 unspecified atom stereocenters. The number of hydrogen-bond donors (Lipinski definition) is 0. The van der Waals surface area contributed by atoms with Crippen LogP contribution in [-0.2, 0) is 4.79 Å². The van der Waals surface area contributed by atoms with E-state index in [-0.39, 0.29) is 10.8 Å². The Morgan fingerprint density at radius 1 is 1.50 bits per heavy atom. The lowest BCUT2D eigenvalue weighted by Gasteiger charge is -2.32. The van der Waals surface area contributed by atoms with Crippen LogP contribution in [0.2, 0.25) is 0 Å². The van der Waals surface area contributed by atoms with E-state index < -0.39 is 0 Å². The van der Waals surface area contributed by atoms with Crippen molar-refractivity contribution in [2.24, 2.45) is 16.7 Å². The van der Waals surface area contributed by atoms with Gasteiger partial charge in [0.1, 0.15) is 5.78 Å². The van der Waals surface area contributed by atoms with Gasteiger partial charge >= 0.3 is 0 Å². The average Bonchev–Trinajstić information content (AvgIpc) is 2.53. The molecule has 2 atom stereocenters. The third-order valence-corrected chi connectivity index (χ3v) is 4.37. The molecule has 2 rings (SSSR count). The topological polar surface area (TPSA) is 17.1 Å². The lowest BCUT2D eigenvalue weighted by Crippen LogP contribution is -2.36. The Hall–Kier alpha value is -0.330. The number of carbonyl (C=O) groups excluding carboxylic acids is 1. The summed E-state index contributed by atoms with van der Waals surface area (Å²) < 4.78 is 0. The Labute approximate surface area is 74.5 Å². The van der Waals surface area contributed by atoms with Gasteiger partial charge in [-0.1, -0.05) is 20.8 Å². The molecule has 0 heterocycles. The number of hydrogen-bond acceptors (Lipinski definition) is 1. The number of Topliss-reactive ketones (excluding diaryl/α,β-unsaturated/α-hetero) is 1. The van der Waals surface area contributed by atoms with Crippen LogP contribution in [0.15, 0.2) is 0 Å². The van der Waals surface area contributed by atoms with Crippen LogP contribution in [0.25, 0.3) is 0 Å². The standard InChI is InChI=1S/C11H18O/c1-4-11-6-5-8(7-11)10(2,3)9(11)12/h8H,4-7H2,1-3H3/t8-,11+/m0/s1. The van der Waals surface area contributed by atoms with Gasteiger partial charge in [-0.05, 0) is 31.6 Å². The van der Waals surface area contributed by atoms with Crippen molar-refractivity contribution < 1.29 is 4.79 Å². The number of carbonyl (C=O) groups is 1. The molecule has 0 saturated heterocycles. The molecular formula is C11H18O. The zero-order chi connectivity index (χ0) is 8.98. The minimum absolute atomic E-state index is 0.00569. The molecule has 12 heavy (non-hydrogen) atoms. The molecule has 2 aliphatic rings. The molecule has 0 aromatic rings. The summed E-state index contributed by atoms with van der Waals surface area (Å²) in [6, 6.07) is 0. The molecular weight excluding hydrogens is 148 g/mol. The monoisotopic (exact) mass is 166 g/mol. The summed E-state index contributed by atoms with van der Waals surface area (Å²) in [5.41, 5.74) is 0.0996. The molecule has 0 aromatic carbocycles. The highest BCUT2D eigenvalue weighted by Gasteiger charge is 2.60. The smallest absolute Gasteiger partial charge is 0.144 e. The van der Waals surface area contributed by atoms with E-state index in [1.807, 2.05) is 0 Å². The molecule has 0 N–H and O–H groups in total. The SMILES string of the molecule is CC[C@@]12CC[C@@H](C1)C(C)(C)C2=O. The minimum Gasteiger partial charge on any atom is -0.298 e. The van der Waals surface area contributed by atoms with Crippen LogP contribution >= 0.6 is 0 Å². The van der Waals surface area contributed by atoms with Crippen molar-refractivity contribution in [3.05, 3.63) is 0 Å². The third-order valence-electron chi connectivity index (χ3n) is 4.37. The maximum Gasteiger partial charge on any atom is 0.144 e. The first-order chi connectivity index (χ1) is 5.53. The molecule has 0 amide bonds. The van der Waals surface area contributed by atoms with Crippen molar-refractivity contribution >= 4 is 5.78 Å². The Kier molecular flexibility index (Phi) is 1.47. The fraction of sp³-hybridized carbons (Fsp3) is 0.909. The molecule has 0 aliphatic heterocycles. The van der Waals surface area contributed by atoms with Gasteiger partial charge in [0.15, 0.2) is 0 Å². The largest absolute Gasteiger partial charge is 0.298 e. The summed E-state index contributed by atoms with van der Waals surface area (Å²) in [7, 11) is 0. The molecule has 68 valence electrons. The van der Waals surface area contributed by atoms with Crippen molar-refractivity contribution in [3.63, 3.8) is 0 Å². The third kappa shape index (κ3) is 0.725. The van der Waals surface area contributed by atoms with Crippen LogP contribution in [-0.4, -0.2) is 5.78 Å². The Morgan fingerprint density at radius 2 is 2.17 bits per heavy atom. The van der Waals surface area contributed by atoms with E-state index in [4.69, 9.17) is 0 Å². The van der Waals surface area contributed by atoms with Crippen LogP contribution in [0.4, 0.5) is 0 Å². The average molecular weight is 166 g/mol. The Bertz CT molecular complexity index is 229. The van der Waals surface area contributed by atoms with E-state index in [2.05, 4.69) is 20.8 Å². The maximum atomic E-state index is 12.0. The predicted molar refractivity (Wildman–Crippen MR) is 48.9 cm³/mol. The van der Waals surface area contributed by atoms with E-state index in [1.165, 1.54) is 12.8 Å². The lowest BCUT2D eigenvalue weighted by molar-refractivity contribution is -0.135. The van der Waals surface area contributed by atoms with Crippen molar-refractivity contribution in [1.29, 1.82) is 0 Å². The summed E-state index contributed by atoms with van der Waals surface area (Å²) in [5.74, 6) is 1.23. The van der Waals surface area contributed by atoms with Crippen LogP contribution in [0.3, 0.4) is 0 Å². The molecule has 2 aliphatic carbocycles. The normalized spacial score (nSPS) is 43.9. The van der Waals surface area contributed by atoms with Gasteiger partial charge in [-0.3, -0.25) is 4.79 Å². The summed E-state index contributed by atoms with van der Waals surface area (Å²) in [6.45, 7) is 6.44. The summed E-state index contributed by atoms with van der Waals surface area (Å²) in [6.07, 6.45) is 4.68. The van der Waals surface area contributed by atoms with Crippen LogP contribution in [0.5, 0.6) is 0 Å².